The molecule has 0 radical (unpaired) electrons. The Morgan fingerprint density at radius 1 is 1.20 bits per heavy atom. The van der Waals surface area contributed by atoms with E-state index in [-0.39, 0.29) is 12.3 Å². The maximum absolute atomic E-state index is 12.2. The Balaban J connectivity index is 1.68. The molecule has 0 aliphatic rings. The van der Waals surface area contributed by atoms with Crippen LogP contribution in [0.5, 0.6) is 0 Å². The largest absolute Gasteiger partial charge is 0.336 e. The van der Waals surface area contributed by atoms with Gasteiger partial charge >= 0.3 is 0 Å². The molecule has 124 valence electrons. The van der Waals surface area contributed by atoms with Crippen molar-refractivity contribution < 1.29 is 4.79 Å². The zero-order valence-electron chi connectivity index (χ0n) is 13.9. The van der Waals surface area contributed by atoms with E-state index in [1.54, 1.807) is 17.1 Å². The second-order valence-electron chi connectivity index (χ2n) is 5.85. The summed E-state index contributed by atoms with van der Waals surface area (Å²) in [6.45, 7) is 2.00. The fourth-order valence-corrected chi connectivity index (χ4v) is 2.50. The SMILES string of the molecule is Cc1ccc(CC(=O)NC(C#N)c2cnn(-c3ccccc3)c2)cc1. The van der Waals surface area contributed by atoms with Crippen LogP contribution in [0.25, 0.3) is 5.69 Å². The van der Waals surface area contributed by atoms with Crippen LogP contribution in [-0.4, -0.2) is 15.7 Å². The summed E-state index contributed by atoms with van der Waals surface area (Å²) >= 11 is 0. The van der Waals surface area contributed by atoms with Gasteiger partial charge in [-0.2, -0.15) is 10.4 Å². The Hall–Kier alpha value is -3.39. The summed E-state index contributed by atoms with van der Waals surface area (Å²) in [6.07, 6.45) is 3.60. The van der Waals surface area contributed by atoms with Crippen LogP contribution in [0.4, 0.5) is 0 Å². The highest BCUT2D eigenvalue weighted by Gasteiger charge is 2.16. The first kappa shape index (κ1) is 16.5. The van der Waals surface area contributed by atoms with E-state index in [9.17, 15) is 10.1 Å². The minimum atomic E-state index is -0.726. The maximum atomic E-state index is 12.2. The van der Waals surface area contributed by atoms with Crippen LogP contribution >= 0.6 is 0 Å². The van der Waals surface area contributed by atoms with Crippen LogP contribution in [0, 0.1) is 18.3 Å². The summed E-state index contributed by atoms with van der Waals surface area (Å²) in [5, 5.41) is 16.4. The fraction of sp³-hybridized carbons (Fsp3) is 0.150. The van der Waals surface area contributed by atoms with Crippen molar-refractivity contribution in [3.63, 3.8) is 0 Å². The van der Waals surface area contributed by atoms with Gasteiger partial charge < -0.3 is 5.32 Å². The van der Waals surface area contributed by atoms with Crippen molar-refractivity contribution in [2.24, 2.45) is 0 Å². The Labute approximate surface area is 146 Å². The Morgan fingerprint density at radius 2 is 1.92 bits per heavy atom. The lowest BCUT2D eigenvalue weighted by Gasteiger charge is -2.10. The quantitative estimate of drug-likeness (QED) is 0.781. The third kappa shape index (κ3) is 4.12. The topological polar surface area (TPSA) is 70.7 Å². The minimum absolute atomic E-state index is 0.192. The van der Waals surface area contributed by atoms with Gasteiger partial charge in [0.05, 0.1) is 24.4 Å². The molecule has 1 amide bonds. The number of nitriles is 1. The van der Waals surface area contributed by atoms with E-state index in [4.69, 9.17) is 0 Å². The van der Waals surface area contributed by atoms with Gasteiger partial charge in [0.15, 0.2) is 0 Å². The second kappa shape index (κ2) is 7.45. The van der Waals surface area contributed by atoms with E-state index in [1.165, 1.54) is 0 Å². The molecule has 0 bridgehead atoms. The van der Waals surface area contributed by atoms with E-state index in [0.29, 0.717) is 5.56 Å². The first-order valence-corrected chi connectivity index (χ1v) is 8.00. The van der Waals surface area contributed by atoms with E-state index in [1.807, 2.05) is 61.5 Å². The number of aromatic nitrogens is 2. The van der Waals surface area contributed by atoms with Crippen LogP contribution in [0.2, 0.25) is 0 Å². The molecule has 1 heterocycles. The number of aryl methyl sites for hydroxylation is 1. The molecule has 3 aromatic rings. The lowest BCUT2D eigenvalue weighted by Crippen LogP contribution is -2.28. The van der Waals surface area contributed by atoms with Crippen LogP contribution in [0.3, 0.4) is 0 Å². The van der Waals surface area contributed by atoms with Gasteiger partial charge in [-0.25, -0.2) is 4.68 Å². The van der Waals surface area contributed by atoms with E-state index in [0.717, 1.165) is 16.8 Å². The van der Waals surface area contributed by atoms with Gasteiger partial charge in [0, 0.05) is 11.8 Å². The number of hydrogen-bond donors (Lipinski definition) is 1. The lowest BCUT2D eigenvalue weighted by atomic mass is 10.1. The van der Waals surface area contributed by atoms with Gasteiger partial charge in [-0.1, -0.05) is 48.0 Å². The standard InChI is InChI=1S/C20H18N4O/c1-15-7-9-16(10-8-15)11-20(25)23-19(12-21)17-13-22-24(14-17)18-5-3-2-4-6-18/h2-10,13-14,19H,11H2,1H3,(H,23,25). The molecule has 0 saturated heterocycles. The molecular formula is C20H18N4O. The fourth-order valence-electron chi connectivity index (χ4n) is 2.50. The number of carbonyl (C=O) groups is 1. The molecule has 0 aliphatic carbocycles. The molecule has 0 fully saturated rings. The molecule has 0 saturated carbocycles. The maximum Gasteiger partial charge on any atom is 0.225 e. The smallest absolute Gasteiger partial charge is 0.225 e. The zero-order chi connectivity index (χ0) is 17.6. The van der Waals surface area contributed by atoms with Gasteiger partial charge in [-0.3, -0.25) is 4.79 Å². The average Bonchev–Trinajstić information content (AvgIpc) is 3.12. The van der Waals surface area contributed by atoms with E-state index in [2.05, 4.69) is 16.5 Å². The summed E-state index contributed by atoms with van der Waals surface area (Å²) in [5.41, 5.74) is 3.62. The van der Waals surface area contributed by atoms with Crippen molar-refractivity contribution in [2.75, 3.05) is 0 Å². The van der Waals surface area contributed by atoms with Crippen molar-refractivity contribution in [1.82, 2.24) is 15.1 Å². The molecule has 25 heavy (non-hydrogen) atoms. The first-order chi connectivity index (χ1) is 12.2. The van der Waals surface area contributed by atoms with Crippen molar-refractivity contribution >= 4 is 5.91 Å². The molecule has 1 unspecified atom stereocenters. The summed E-state index contributed by atoms with van der Waals surface area (Å²) in [5.74, 6) is -0.192. The Morgan fingerprint density at radius 3 is 2.60 bits per heavy atom. The van der Waals surface area contributed by atoms with Crippen LogP contribution in [0.15, 0.2) is 67.0 Å². The van der Waals surface area contributed by atoms with Crippen LogP contribution in [0.1, 0.15) is 22.7 Å². The summed E-state index contributed by atoms with van der Waals surface area (Å²) in [6, 6.07) is 18.8. The molecule has 1 aromatic heterocycles. The highest BCUT2D eigenvalue weighted by atomic mass is 16.1. The molecule has 1 N–H and O–H groups in total. The number of amides is 1. The number of nitrogens with one attached hydrogen (secondary N) is 1. The summed E-state index contributed by atoms with van der Waals surface area (Å²) < 4.78 is 1.69. The van der Waals surface area contributed by atoms with Crippen LogP contribution in [-0.2, 0) is 11.2 Å². The summed E-state index contributed by atoms with van der Waals surface area (Å²) in [7, 11) is 0. The normalized spacial score (nSPS) is 11.5. The lowest BCUT2D eigenvalue weighted by molar-refractivity contribution is -0.120. The predicted molar refractivity (Wildman–Crippen MR) is 94.9 cm³/mol. The molecule has 3 rings (SSSR count). The van der Waals surface area contributed by atoms with Gasteiger partial charge in [-0.15, -0.1) is 0 Å². The third-order valence-corrected chi connectivity index (χ3v) is 3.88. The highest BCUT2D eigenvalue weighted by Crippen LogP contribution is 2.15. The number of benzene rings is 2. The van der Waals surface area contributed by atoms with Crippen LogP contribution < -0.4 is 5.32 Å². The van der Waals surface area contributed by atoms with Crippen molar-refractivity contribution in [3.05, 3.63) is 83.7 Å². The number of rotatable bonds is 5. The second-order valence-corrected chi connectivity index (χ2v) is 5.85. The molecule has 1 atom stereocenters. The van der Waals surface area contributed by atoms with Gasteiger partial charge in [0.2, 0.25) is 5.91 Å². The average molecular weight is 330 g/mol. The number of carbonyl (C=O) groups excluding carboxylic acids is 1. The monoisotopic (exact) mass is 330 g/mol. The molecular weight excluding hydrogens is 312 g/mol. The van der Waals surface area contributed by atoms with Gasteiger partial charge in [0.1, 0.15) is 6.04 Å². The number of nitrogens with zero attached hydrogens (tertiary/aromatic N) is 3. The highest BCUT2D eigenvalue weighted by molar-refractivity contribution is 5.79. The molecule has 2 aromatic carbocycles. The summed E-state index contributed by atoms with van der Waals surface area (Å²) in [4.78, 5) is 12.2. The van der Waals surface area contributed by atoms with Gasteiger partial charge in [-0.05, 0) is 24.6 Å². The van der Waals surface area contributed by atoms with Crippen molar-refractivity contribution in [1.29, 1.82) is 5.26 Å². The molecule has 5 nitrogen and oxygen atoms in total. The molecule has 5 heteroatoms. The predicted octanol–water partition coefficient (Wildman–Crippen LogP) is 3.10. The van der Waals surface area contributed by atoms with Gasteiger partial charge in [0.25, 0.3) is 0 Å². The number of hydrogen-bond acceptors (Lipinski definition) is 3. The Kier molecular flexibility index (Phi) is 4.91. The molecule has 0 aliphatic heterocycles. The number of para-hydroxylation sites is 1. The molecule has 0 spiro atoms. The minimum Gasteiger partial charge on any atom is -0.336 e. The van der Waals surface area contributed by atoms with Crippen molar-refractivity contribution in [2.45, 2.75) is 19.4 Å². The zero-order valence-corrected chi connectivity index (χ0v) is 13.9. The van der Waals surface area contributed by atoms with E-state index < -0.39 is 6.04 Å². The first-order valence-electron chi connectivity index (χ1n) is 8.00. The van der Waals surface area contributed by atoms with Crippen molar-refractivity contribution in [3.8, 4) is 11.8 Å². The Bertz CT molecular complexity index is 891. The third-order valence-electron chi connectivity index (χ3n) is 3.88. The van der Waals surface area contributed by atoms with E-state index >= 15 is 0 Å².